The third kappa shape index (κ3) is 5.50. The van der Waals surface area contributed by atoms with E-state index in [1.807, 2.05) is 0 Å². The van der Waals surface area contributed by atoms with Crippen LogP contribution in [0.3, 0.4) is 0 Å². The smallest absolute Gasteiger partial charge is 0.326 e. The minimum absolute atomic E-state index is 0.140. The van der Waals surface area contributed by atoms with Crippen molar-refractivity contribution >= 4 is 23.6 Å². The number of amidine groups is 1. The lowest BCUT2D eigenvalue weighted by atomic mass is 9.98. The normalized spacial score (nSPS) is 15.1. The zero-order chi connectivity index (χ0) is 26.5. The molecule has 1 atom stereocenters. The van der Waals surface area contributed by atoms with Gasteiger partial charge in [-0.25, -0.2) is 8.78 Å². The van der Waals surface area contributed by atoms with E-state index in [-0.39, 0.29) is 38.7 Å². The number of nitrogens with zero attached hydrogens (tertiary/aromatic N) is 1. The first-order valence-corrected chi connectivity index (χ1v) is 10.9. The molecule has 0 aliphatic carbocycles. The van der Waals surface area contributed by atoms with Gasteiger partial charge in [0.2, 0.25) is 0 Å². The number of carbonyl (C=O) groups is 3. The van der Waals surface area contributed by atoms with Crippen molar-refractivity contribution in [2.24, 2.45) is 5.73 Å². The van der Waals surface area contributed by atoms with E-state index in [1.54, 1.807) is 24.3 Å². The molecule has 0 bridgehead atoms. The molecule has 192 valence electrons. The van der Waals surface area contributed by atoms with Gasteiger partial charge in [-0.15, -0.1) is 0 Å². The van der Waals surface area contributed by atoms with Gasteiger partial charge in [-0.2, -0.15) is 0 Å². The summed E-state index contributed by atoms with van der Waals surface area (Å²) in [4.78, 5) is 39.4. The number of halogens is 2. The van der Waals surface area contributed by atoms with Crippen molar-refractivity contribution in [3.63, 3.8) is 0 Å². The second kappa shape index (κ2) is 11.2. The van der Waals surface area contributed by atoms with E-state index in [4.69, 9.17) is 25.4 Å². The van der Waals surface area contributed by atoms with E-state index in [0.717, 1.165) is 26.2 Å². The van der Waals surface area contributed by atoms with Gasteiger partial charge in [-0.05, 0) is 17.7 Å². The zero-order valence-corrected chi connectivity index (χ0v) is 19.7. The molecule has 1 fully saturated rings. The standard InChI is InChI=1S/C24H26F2N4O6/c1-14(31)36-24(34-2,23(33)29-13-15-3-5-16(6-4-15)21(27)28)19-18(25)8-7-17(20(19)26)22(32)30-9-11-35-12-10-30/h3-8H,9-13H2,1-2H3,(H3,27,28)(H,29,33)/t24-/m0/s1. The van der Waals surface area contributed by atoms with Crippen molar-refractivity contribution in [1.82, 2.24) is 10.2 Å². The van der Waals surface area contributed by atoms with Gasteiger partial charge in [-0.3, -0.25) is 19.8 Å². The molecule has 2 amide bonds. The topological polar surface area (TPSA) is 144 Å². The second-order valence-electron chi connectivity index (χ2n) is 7.90. The van der Waals surface area contributed by atoms with Crippen LogP contribution in [0.25, 0.3) is 0 Å². The van der Waals surface area contributed by atoms with E-state index in [2.05, 4.69) is 5.32 Å². The van der Waals surface area contributed by atoms with Gasteiger partial charge in [-0.1, -0.05) is 24.3 Å². The first-order valence-electron chi connectivity index (χ1n) is 10.9. The molecule has 4 N–H and O–H groups in total. The summed E-state index contributed by atoms with van der Waals surface area (Å²) < 4.78 is 46.2. The Morgan fingerprint density at radius 3 is 2.33 bits per heavy atom. The van der Waals surface area contributed by atoms with E-state index in [1.165, 1.54) is 4.90 Å². The number of nitrogens with one attached hydrogen (secondary N) is 2. The molecule has 0 saturated carbocycles. The van der Waals surface area contributed by atoms with Crippen molar-refractivity contribution in [3.8, 4) is 0 Å². The molecule has 0 unspecified atom stereocenters. The average Bonchev–Trinajstić information content (AvgIpc) is 2.86. The summed E-state index contributed by atoms with van der Waals surface area (Å²) in [5, 5.41) is 9.87. The molecule has 1 aliphatic rings. The molecule has 12 heteroatoms. The van der Waals surface area contributed by atoms with Gasteiger partial charge in [0.1, 0.15) is 23.0 Å². The first kappa shape index (κ1) is 26.7. The molecule has 1 saturated heterocycles. The van der Waals surface area contributed by atoms with Crippen molar-refractivity contribution in [2.75, 3.05) is 33.4 Å². The molecular formula is C24H26F2N4O6. The first-order chi connectivity index (χ1) is 17.1. The average molecular weight is 504 g/mol. The fourth-order valence-electron chi connectivity index (χ4n) is 3.71. The highest BCUT2D eigenvalue weighted by molar-refractivity contribution is 5.96. The maximum atomic E-state index is 15.7. The Balaban J connectivity index is 1.98. The lowest BCUT2D eigenvalue weighted by Gasteiger charge is -2.32. The van der Waals surface area contributed by atoms with Crippen molar-refractivity contribution in [3.05, 3.63) is 70.3 Å². The monoisotopic (exact) mass is 504 g/mol. The van der Waals surface area contributed by atoms with Gasteiger partial charge >= 0.3 is 11.8 Å². The number of nitrogens with two attached hydrogens (primary N) is 1. The number of rotatable bonds is 8. The molecular weight excluding hydrogens is 478 g/mol. The van der Waals surface area contributed by atoms with Crippen LogP contribution in [0.1, 0.15) is 34.0 Å². The van der Waals surface area contributed by atoms with E-state index >= 15 is 8.78 Å². The molecule has 1 aliphatic heterocycles. The zero-order valence-electron chi connectivity index (χ0n) is 19.7. The number of ether oxygens (including phenoxy) is 3. The Morgan fingerprint density at radius 1 is 1.14 bits per heavy atom. The molecule has 1 heterocycles. The third-order valence-corrected chi connectivity index (χ3v) is 5.54. The predicted molar refractivity (Wildman–Crippen MR) is 123 cm³/mol. The van der Waals surface area contributed by atoms with Gasteiger partial charge in [0, 0.05) is 39.2 Å². The largest absolute Gasteiger partial charge is 0.419 e. The van der Waals surface area contributed by atoms with Crippen LogP contribution in [0.2, 0.25) is 0 Å². The lowest BCUT2D eigenvalue weighted by Crippen LogP contribution is -2.50. The van der Waals surface area contributed by atoms with Crippen molar-refractivity contribution in [2.45, 2.75) is 19.3 Å². The number of methoxy groups -OCH3 is 1. The fourth-order valence-corrected chi connectivity index (χ4v) is 3.71. The molecule has 2 aromatic carbocycles. The van der Waals surface area contributed by atoms with E-state index in [0.29, 0.717) is 11.1 Å². The maximum absolute atomic E-state index is 15.7. The number of nitrogen functional groups attached to an aromatic ring is 1. The second-order valence-corrected chi connectivity index (χ2v) is 7.90. The predicted octanol–water partition coefficient (Wildman–Crippen LogP) is 1.40. The van der Waals surface area contributed by atoms with Crippen LogP contribution in [0, 0.1) is 17.0 Å². The molecule has 0 aromatic heterocycles. The van der Waals surface area contributed by atoms with Crippen molar-refractivity contribution in [1.29, 1.82) is 5.41 Å². The van der Waals surface area contributed by atoms with E-state index < -0.39 is 46.3 Å². The lowest BCUT2D eigenvalue weighted by molar-refractivity contribution is -0.226. The van der Waals surface area contributed by atoms with Crippen LogP contribution in [-0.2, 0) is 36.1 Å². The highest BCUT2D eigenvalue weighted by Crippen LogP contribution is 2.34. The molecule has 2 aromatic rings. The Labute approximate surface area is 205 Å². The molecule has 0 radical (unpaired) electrons. The number of morpholine rings is 1. The fraction of sp³-hybridized carbons (Fsp3) is 0.333. The number of carbonyl (C=O) groups excluding carboxylic acids is 3. The number of hydrogen-bond donors (Lipinski definition) is 3. The summed E-state index contributed by atoms with van der Waals surface area (Å²) in [5.74, 6) is -8.62. The molecule has 3 rings (SSSR count). The summed E-state index contributed by atoms with van der Waals surface area (Å²) in [6.07, 6.45) is 0. The summed E-state index contributed by atoms with van der Waals surface area (Å²) >= 11 is 0. The third-order valence-electron chi connectivity index (χ3n) is 5.54. The van der Waals surface area contributed by atoms with Crippen LogP contribution in [0.15, 0.2) is 36.4 Å². The summed E-state index contributed by atoms with van der Waals surface area (Å²) in [5.41, 5.74) is 4.88. The molecule has 10 nitrogen and oxygen atoms in total. The minimum Gasteiger partial charge on any atom is -0.419 e. The number of hydrogen-bond acceptors (Lipinski definition) is 7. The Morgan fingerprint density at radius 2 is 1.78 bits per heavy atom. The van der Waals surface area contributed by atoms with Crippen LogP contribution < -0.4 is 11.1 Å². The number of benzene rings is 2. The van der Waals surface area contributed by atoms with Crippen LogP contribution in [0.5, 0.6) is 0 Å². The van der Waals surface area contributed by atoms with E-state index in [9.17, 15) is 14.4 Å². The highest BCUT2D eigenvalue weighted by atomic mass is 19.1. The SMILES string of the molecule is CO[C@@](OC(C)=O)(C(=O)NCc1ccc(C(=N)N)cc1)c1c(F)ccc(C(=O)N2CCOCC2)c1F. The van der Waals surface area contributed by atoms with Gasteiger partial charge in [0.25, 0.3) is 11.8 Å². The molecule has 36 heavy (non-hydrogen) atoms. The van der Waals surface area contributed by atoms with Gasteiger partial charge in [0.05, 0.1) is 18.8 Å². The van der Waals surface area contributed by atoms with Crippen molar-refractivity contribution < 1.29 is 37.4 Å². The van der Waals surface area contributed by atoms with Crippen LogP contribution >= 0.6 is 0 Å². The number of amides is 2. The Bertz CT molecular complexity index is 1170. The Hall–Kier alpha value is -3.90. The maximum Gasteiger partial charge on any atom is 0.326 e. The summed E-state index contributed by atoms with van der Waals surface area (Å²) in [6.45, 7) is 1.72. The summed E-state index contributed by atoms with van der Waals surface area (Å²) in [6, 6.07) is 8.03. The van der Waals surface area contributed by atoms with Crippen LogP contribution in [0.4, 0.5) is 8.78 Å². The Kier molecular flexibility index (Phi) is 8.33. The molecule has 0 spiro atoms. The number of esters is 1. The van der Waals surface area contributed by atoms with Gasteiger partial charge in [0.15, 0.2) is 0 Å². The summed E-state index contributed by atoms with van der Waals surface area (Å²) in [7, 11) is 0.944. The minimum atomic E-state index is -2.86. The highest BCUT2D eigenvalue weighted by Gasteiger charge is 2.50. The quantitative estimate of drug-likeness (QED) is 0.213. The van der Waals surface area contributed by atoms with Gasteiger partial charge < -0.3 is 30.2 Å². The van der Waals surface area contributed by atoms with Crippen LogP contribution in [-0.4, -0.2) is 61.9 Å².